The number of hydrogen-bond donors (Lipinski definition) is 1. The van der Waals surface area contributed by atoms with Gasteiger partial charge in [-0.05, 0) is 25.0 Å². The topological polar surface area (TPSA) is 72.7 Å². The van der Waals surface area contributed by atoms with Crippen LogP contribution in [0.15, 0.2) is 31.0 Å². The predicted octanol–water partition coefficient (Wildman–Crippen LogP) is 0.554. The van der Waals surface area contributed by atoms with Crippen molar-refractivity contribution >= 4 is 5.91 Å². The van der Waals surface area contributed by atoms with Gasteiger partial charge in [-0.15, -0.1) is 10.2 Å². The van der Waals surface area contributed by atoms with Crippen molar-refractivity contribution < 1.29 is 4.79 Å². The Balaban J connectivity index is 1.77. The van der Waals surface area contributed by atoms with E-state index in [1.165, 1.54) is 0 Å². The molecule has 1 N–H and O–H groups in total. The van der Waals surface area contributed by atoms with Crippen molar-refractivity contribution in [3.05, 3.63) is 36.5 Å². The summed E-state index contributed by atoms with van der Waals surface area (Å²) in [7, 11) is 0. The number of pyridine rings is 1. The smallest absolute Gasteiger partial charge is 0.253 e. The van der Waals surface area contributed by atoms with E-state index in [4.69, 9.17) is 0 Å². The van der Waals surface area contributed by atoms with E-state index in [2.05, 4.69) is 20.5 Å². The standard InChI is InChI=1S/C11H11N5O/c17-11(15-9-2-3-9)8-1-4-10(12-5-8)16-6-13-14-7-16/h1,4-7,9H,2-3H2,(H,15,17). The lowest BCUT2D eigenvalue weighted by molar-refractivity contribution is 0.0950. The van der Waals surface area contributed by atoms with Crippen LogP contribution in [0.3, 0.4) is 0 Å². The van der Waals surface area contributed by atoms with Gasteiger partial charge in [0.25, 0.3) is 5.91 Å². The summed E-state index contributed by atoms with van der Waals surface area (Å²) in [5, 5.41) is 10.3. The normalized spacial score (nSPS) is 14.6. The maximum atomic E-state index is 11.7. The second-order valence-electron chi connectivity index (χ2n) is 4.02. The van der Waals surface area contributed by atoms with Crippen molar-refractivity contribution in [1.29, 1.82) is 0 Å². The highest BCUT2D eigenvalue weighted by molar-refractivity contribution is 5.94. The number of hydrogen-bond acceptors (Lipinski definition) is 4. The number of carbonyl (C=O) groups is 1. The van der Waals surface area contributed by atoms with Gasteiger partial charge in [-0.2, -0.15) is 0 Å². The van der Waals surface area contributed by atoms with Gasteiger partial charge in [0.15, 0.2) is 0 Å². The van der Waals surface area contributed by atoms with Crippen LogP contribution in [0.5, 0.6) is 0 Å². The minimum atomic E-state index is -0.0599. The van der Waals surface area contributed by atoms with Crippen molar-refractivity contribution in [1.82, 2.24) is 25.1 Å². The van der Waals surface area contributed by atoms with Crippen molar-refractivity contribution in [2.75, 3.05) is 0 Å². The Morgan fingerprint density at radius 1 is 1.29 bits per heavy atom. The van der Waals surface area contributed by atoms with Crippen molar-refractivity contribution in [3.8, 4) is 5.82 Å². The van der Waals surface area contributed by atoms with E-state index < -0.39 is 0 Å². The van der Waals surface area contributed by atoms with Crippen LogP contribution in [0.1, 0.15) is 23.2 Å². The van der Waals surface area contributed by atoms with Gasteiger partial charge in [-0.1, -0.05) is 0 Å². The number of nitrogens with one attached hydrogen (secondary N) is 1. The first-order valence-corrected chi connectivity index (χ1v) is 5.45. The van der Waals surface area contributed by atoms with E-state index in [9.17, 15) is 4.79 Å². The van der Waals surface area contributed by atoms with Crippen LogP contribution >= 0.6 is 0 Å². The highest BCUT2D eigenvalue weighted by atomic mass is 16.1. The molecule has 0 aromatic carbocycles. The number of rotatable bonds is 3. The van der Waals surface area contributed by atoms with E-state index in [0.29, 0.717) is 17.4 Å². The van der Waals surface area contributed by atoms with E-state index in [-0.39, 0.29) is 5.91 Å². The molecule has 2 aromatic heterocycles. The number of carbonyl (C=O) groups excluding carboxylic acids is 1. The Labute approximate surface area is 97.7 Å². The summed E-state index contributed by atoms with van der Waals surface area (Å²) in [4.78, 5) is 15.9. The molecule has 6 nitrogen and oxygen atoms in total. The third kappa shape index (κ3) is 2.15. The van der Waals surface area contributed by atoms with E-state index in [1.807, 2.05) is 0 Å². The van der Waals surface area contributed by atoms with Crippen LogP contribution < -0.4 is 5.32 Å². The first kappa shape index (κ1) is 9.95. The molecule has 1 saturated carbocycles. The first-order chi connectivity index (χ1) is 8.33. The largest absolute Gasteiger partial charge is 0.349 e. The fourth-order valence-electron chi connectivity index (χ4n) is 1.49. The third-order valence-electron chi connectivity index (χ3n) is 2.61. The quantitative estimate of drug-likeness (QED) is 0.834. The van der Waals surface area contributed by atoms with Gasteiger partial charge >= 0.3 is 0 Å². The maximum Gasteiger partial charge on any atom is 0.253 e. The van der Waals surface area contributed by atoms with Crippen LogP contribution in [0.4, 0.5) is 0 Å². The molecule has 1 aliphatic carbocycles. The molecule has 0 saturated heterocycles. The Morgan fingerprint density at radius 2 is 2.06 bits per heavy atom. The lowest BCUT2D eigenvalue weighted by atomic mass is 10.2. The fourth-order valence-corrected chi connectivity index (χ4v) is 1.49. The van der Waals surface area contributed by atoms with E-state index in [0.717, 1.165) is 12.8 Å². The average Bonchev–Trinajstić information content (AvgIpc) is 3.00. The maximum absolute atomic E-state index is 11.7. The van der Waals surface area contributed by atoms with Gasteiger partial charge < -0.3 is 5.32 Å². The molecule has 2 heterocycles. The number of amides is 1. The average molecular weight is 229 g/mol. The number of aromatic nitrogens is 4. The second kappa shape index (κ2) is 3.97. The molecule has 1 amide bonds. The Kier molecular flexibility index (Phi) is 2.32. The first-order valence-electron chi connectivity index (χ1n) is 5.45. The minimum absolute atomic E-state index is 0.0599. The summed E-state index contributed by atoms with van der Waals surface area (Å²) in [6.45, 7) is 0. The second-order valence-corrected chi connectivity index (χ2v) is 4.02. The molecular formula is C11H11N5O. The minimum Gasteiger partial charge on any atom is -0.349 e. The zero-order valence-electron chi connectivity index (χ0n) is 9.08. The summed E-state index contributed by atoms with van der Waals surface area (Å²) in [5.74, 6) is 0.633. The summed E-state index contributed by atoms with van der Waals surface area (Å²) in [6.07, 6.45) is 6.85. The Bertz CT molecular complexity index is 515. The van der Waals surface area contributed by atoms with Crippen LogP contribution in [-0.2, 0) is 0 Å². The zero-order valence-corrected chi connectivity index (χ0v) is 9.08. The van der Waals surface area contributed by atoms with Crippen LogP contribution in [-0.4, -0.2) is 31.7 Å². The van der Waals surface area contributed by atoms with Crippen LogP contribution in [0.25, 0.3) is 5.82 Å². The molecule has 3 rings (SSSR count). The molecule has 0 unspecified atom stereocenters. The van der Waals surface area contributed by atoms with Crippen molar-refractivity contribution in [2.24, 2.45) is 0 Å². The highest BCUT2D eigenvalue weighted by Gasteiger charge is 2.23. The zero-order chi connectivity index (χ0) is 11.7. The van der Waals surface area contributed by atoms with Gasteiger partial charge in [0.2, 0.25) is 0 Å². The van der Waals surface area contributed by atoms with Gasteiger partial charge in [-0.3, -0.25) is 9.36 Å². The van der Waals surface area contributed by atoms with Gasteiger partial charge in [0, 0.05) is 12.2 Å². The van der Waals surface area contributed by atoms with E-state index >= 15 is 0 Å². The Hall–Kier alpha value is -2.24. The summed E-state index contributed by atoms with van der Waals surface area (Å²) in [6, 6.07) is 3.88. The molecule has 0 atom stereocenters. The molecule has 2 aromatic rings. The molecule has 0 spiro atoms. The van der Waals surface area contributed by atoms with Gasteiger partial charge in [0.1, 0.15) is 18.5 Å². The lowest BCUT2D eigenvalue weighted by Crippen LogP contribution is -2.25. The summed E-state index contributed by atoms with van der Waals surface area (Å²) >= 11 is 0. The van der Waals surface area contributed by atoms with Crippen LogP contribution in [0, 0.1) is 0 Å². The van der Waals surface area contributed by atoms with Crippen molar-refractivity contribution in [2.45, 2.75) is 18.9 Å². The van der Waals surface area contributed by atoms with Gasteiger partial charge in [-0.25, -0.2) is 4.98 Å². The Morgan fingerprint density at radius 3 is 2.65 bits per heavy atom. The molecule has 1 aliphatic rings. The SMILES string of the molecule is O=C(NC1CC1)c1ccc(-n2cnnc2)nc1. The predicted molar refractivity (Wildman–Crippen MR) is 59.6 cm³/mol. The number of nitrogens with zero attached hydrogens (tertiary/aromatic N) is 4. The molecule has 1 fully saturated rings. The molecule has 0 aliphatic heterocycles. The summed E-state index contributed by atoms with van der Waals surface area (Å²) in [5.41, 5.74) is 0.578. The monoisotopic (exact) mass is 229 g/mol. The van der Waals surface area contributed by atoms with E-state index in [1.54, 1.807) is 35.6 Å². The van der Waals surface area contributed by atoms with Gasteiger partial charge in [0.05, 0.1) is 5.56 Å². The van der Waals surface area contributed by atoms with Crippen molar-refractivity contribution in [3.63, 3.8) is 0 Å². The molecule has 17 heavy (non-hydrogen) atoms. The molecule has 0 bridgehead atoms. The fraction of sp³-hybridized carbons (Fsp3) is 0.273. The molecule has 86 valence electrons. The summed E-state index contributed by atoms with van der Waals surface area (Å²) < 4.78 is 1.68. The van der Waals surface area contributed by atoms with Crippen LogP contribution in [0.2, 0.25) is 0 Å². The third-order valence-corrected chi connectivity index (χ3v) is 2.61. The highest BCUT2D eigenvalue weighted by Crippen LogP contribution is 2.19. The molecular weight excluding hydrogens is 218 g/mol. The molecule has 6 heteroatoms. The lowest BCUT2D eigenvalue weighted by Gasteiger charge is -2.04. The molecule has 0 radical (unpaired) electrons.